The minimum atomic E-state index is -0.383. The second-order valence-electron chi connectivity index (χ2n) is 8.41. The van der Waals surface area contributed by atoms with Crippen LogP contribution >= 0.6 is 0 Å². The van der Waals surface area contributed by atoms with Gasteiger partial charge < -0.3 is 14.3 Å². The molecule has 2 aromatic carbocycles. The molecule has 0 radical (unpaired) electrons. The molecule has 5 aromatic rings. The van der Waals surface area contributed by atoms with Crippen LogP contribution in [0.15, 0.2) is 80.7 Å². The van der Waals surface area contributed by atoms with Crippen molar-refractivity contribution in [3.8, 4) is 16.9 Å². The predicted octanol–water partition coefficient (Wildman–Crippen LogP) is 4.11. The quantitative estimate of drug-likeness (QED) is 0.450. The average molecular weight is 438 g/mol. The lowest BCUT2D eigenvalue weighted by atomic mass is 10.1. The van der Waals surface area contributed by atoms with Crippen LogP contribution in [-0.4, -0.2) is 13.7 Å². The molecule has 33 heavy (non-hydrogen) atoms. The molecule has 0 saturated heterocycles. The first kappa shape index (κ1) is 19.4. The molecule has 1 aliphatic heterocycles. The topological polar surface area (TPSA) is 74.1 Å². The molecule has 0 bridgehead atoms. The monoisotopic (exact) mass is 438 g/mol. The highest BCUT2D eigenvalue weighted by Crippen LogP contribution is 2.45. The number of anilines is 1. The molecule has 7 nitrogen and oxygen atoms in total. The number of hydrogen-bond donors (Lipinski definition) is 1. The first-order valence-electron chi connectivity index (χ1n) is 10.8. The van der Waals surface area contributed by atoms with Gasteiger partial charge in [0, 0.05) is 14.1 Å². The van der Waals surface area contributed by atoms with E-state index in [0.717, 1.165) is 39.8 Å². The summed E-state index contributed by atoms with van der Waals surface area (Å²) in [5, 5.41) is 4.09. The Kier molecular flexibility index (Phi) is 4.04. The van der Waals surface area contributed by atoms with Crippen LogP contribution in [0.5, 0.6) is 0 Å². The van der Waals surface area contributed by atoms with Crippen molar-refractivity contribution < 1.29 is 4.42 Å². The fourth-order valence-corrected chi connectivity index (χ4v) is 4.91. The van der Waals surface area contributed by atoms with Crippen LogP contribution in [0, 0.1) is 6.92 Å². The van der Waals surface area contributed by atoms with E-state index in [9.17, 15) is 9.59 Å². The Bertz CT molecular complexity index is 1670. The number of aromatic nitrogens is 3. The summed E-state index contributed by atoms with van der Waals surface area (Å²) in [4.78, 5) is 26.6. The maximum absolute atomic E-state index is 13.6. The summed E-state index contributed by atoms with van der Waals surface area (Å²) < 4.78 is 10.9. The summed E-state index contributed by atoms with van der Waals surface area (Å²) >= 11 is 0. The Morgan fingerprint density at radius 3 is 2.33 bits per heavy atom. The van der Waals surface area contributed by atoms with E-state index in [1.54, 1.807) is 11.6 Å². The molecule has 164 valence electrons. The highest BCUT2D eigenvalue weighted by atomic mass is 16.3. The molecule has 4 heterocycles. The number of nitrogens with zero attached hydrogens (tertiary/aromatic N) is 3. The zero-order valence-corrected chi connectivity index (χ0v) is 18.5. The third kappa shape index (κ3) is 2.62. The fraction of sp³-hybridized carbons (Fsp3) is 0.154. The molecule has 3 aromatic heterocycles. The third-order valence-corrected chi connectivity index (χ3v) is 6.42. The first-order chi connectivity index (χ1) is 16.0. The number of rotatable bonds is 2. The van der Waals surface area contributed by atoms with Crippen molar-refractivity contribution in [3.05, 3.63) is 105 Å². The Balaban J connectivity index is 1.88. The molecular weight excluding hydrogens is 416 g/mol. The summed E-state index contributed by atoms with van der Waals surface area (Å²) in [7, 11) is 3.24. The van der Waals surface area contributed by atoms with Crippen molar-refractivity contribution >= 4 is 16.6 Å². The van der Waals surface area contributed by atoms with E-state index in [-0.39, 0.29) is 17.3 Å². The van der Waals surface area contributed by atoms with Gasteiger partial charge in [0.1, 0.15) is 17.6 Å². The second kappa shape index (κ2) is 6.87. The number of aryl methyl sites for hydroxylation is 2. The number of fused-ring (bicyclic) bond motifs is 5. The fourth-order valence-electron chi connectivity index (χ4n) is 4.91. The second-order valence-corrected chi connectivity index (χ2v) is 8.41. The zero-order valence-electron chi connectivity index (χ0n) is 18.5. The summed E-state index contributed by atoms with van der Waals surface area (Å²) in [5.41, 5.74) is 4.21. The molecule has 7 heteroatoms. The maximum Gasteiger partial charge on any atom is 0.331 e. The number of hydrogen-bond acceptors (Lipinski definition) is 4. The summed E-state index contributed by atoms with van der Waals surface area (Å²) in [6, 6.07) is 21.3. The molecule has 0 saturated carbocycles. The van der Waals surface area contributed by atoms with Gasteiger partial charge >= 0.3 is 5.69 Å². The van der Waals surface area contributed by atoms with Gasteiger partial charge in [0.2, 0.25) is 0 Å². The zero-order chi connectivity index (χ0) is 22.9. The van der Waals surface area contributed by atoms with Crippen LogP contribution in [0.1, 0.15) is 23.3 Å². The van der Waals surface area contributed by atoms with Gasteiger partial charge in [0.15, 0.2) is 0 Å². The van der Waals surface area contributed by atoms with E-state index in [4.69, 9.17) is 4.42 Å². The van der Waals surface area contributed by atoms with Crippen molar-refractivity contribution in [1.82, 2.24) is 13.7 Å². The van der Waals surface area contributed by atoms with Crippen molar-refractivity contribution in [2.45, 2.75) is 13.0 Å². The number of benzene rings is 2. The van der Waals surface area contributed by atoms with Gasteiger partial charge in [-0.25, -0.2) is 4.79 Å². The van der Waals surface area contributed by atoms with E-state index in [0.29, 0.717) is 10.9 Å². The van der Waals surface area contributed by atoms with Crippen LogP contribution in [0.25, 0.3) is 27.8 Å². The summed E-state index contributed by atoms with van der Waals surface area (Å²) in [5.74, 6) is 1.51. The minimum absolute atomic E-state index is 0.319. The van der Waals surface area contributed by atoms with Gasteiger partial charge in [-0.3, -0.25) is 13.9 Å². The van der Waals surface area contributed by atoms with E-state index in [1.165, 1.54) is 11.6 Å². The first-order valence-corrected chi connectivity index (χ1v) is 10.8. The van der Waals surface area contributed by atoms with Gasteiger partial charge in [-0.1, -0.05) is 42.5 Å². The normalized spacial score (nSPS) is 14.7. The van der Waals surface area contributed by atoms with Crippen molar-refractivity contribution in [2.24, 2.45) is 14.1 Å². The summed E-state index contributed by atoms with van der Waals surface area (Å²) in [6.07, 6.45) is 0. The Morgan fingerprint density at radius 2 is 1.61 bits per heavy atom. The van der Waals surface area contributed by atoms with Crippen molar-refractivity contribution in [1.29, 1.82) is 0 Å². The smallest absolute Gasteiger partial charge is 0.331 e. The Labute approximate surface area is 189 Å². The van der Waals surface area contributed by atoms with Gasteiger partial charge in [-0.05, 0) is 36.8 Å². The molecule has 1 N–H and O–H groups in total. The molecule has 0 unspecified atom stereocenters. The average Bonchev–Trinajstić information content (AvgIpc) is 3.43. The molecule has 1 atom stereocenters. The molecule has 0 aliphatic carbocycles. The van der Waals surface area contributed by atoms with E-state index >= 15 is 0 Å². The van der Waals surface area contributed by atoms with E-state index in [1.807, 2.05) is 73.7 Å². The highest BCUT2D eigenvalue weighted by Gasteiger charge is 2.35. The van der Waals surface area contributed by atoms with E-state index < -0.39 is 0 Å². The molecule has 0 fully saturated rings. The standard InChI is InChI=1S/C26H22N4O3/c1-15-13-14-19(33-15)21-24-23-20(25(31)29(3)26(32)28(23)2)22(16-9-5-4-6-10-16)30(24)18-12-8-7-11-17(18)27-21/h4-14,21,27H,1-3H3/t21-/m0/s1. The van der Waals surface area contributed by atoms with Gasteiger partial charge in [-0.2, -0.15) is 0 Å². The predicted molar refractivity (Wildman–Crippen MR) is 128 cm³/mol. The van der Waals surface area contributed by atoms with Crippen LogP contribution in [0.3, 0.4) is 0 Å². The lowest BCUT2D eigenvalue weighted by Gasteiger charge is -2.29. The van der Waals surface area contributed by atoms with Crippen LogP contribution in [0.2, 0.25) is 0 Å². The lowest BCUT2D eigenvalue weighted by molar-refractivity contribution is 0.469. The maximum atomic E-state index is 13.6. The Hall–Kier alpha value is -4.26. The molecular formula is C26H22N4O3. The van der Waals surface area contributed by atoms with Gasteiger partial charge in [0.25, 0.3) is 5.56 Å². The van der Waals surface area contributed by atoms with Crippen LogP contribution in [-0.2, 0) is 14.1 Å². The molecule has 1 aliphatic rings. The molecule has 0 spiro atoms. The number of para-hydroxylation sites is 2. The number of furan rings is 1. The number of nitrogens with one attached hydrogen (secondary N) is 1. The van der Waals surface area contributed by atoms with Crippen LogP contribution in [0.4, 0.5) is 5.69 Å². The largest absolute Gasteiger partial charge is 0.464 e. The summed E-state index contributed by atoms with van der Waals surface area (Å²) in [6.45, 7) is 1.90. The van der Waals surface area contributed by atoms with E-state index in [2.05, 4.69) is 9.88 Å². The minimum Gasteiger partial charge on any atom is -0.464 e. The van der Waals surface area contributed by atoms with Crippen LogP contribution < -0.4 is 16.6 Å². The SMILES string of the molecule is Cc1ccc([C@@H]2Nc3ccccc3-n3c(-c4ccccc4)c4c(=O)n(C)c(=O)n(C)c4c32)o1. The van der Waals surface area contributed by atoms with Crippen molar-refractivity contribution in [3.63, 3.8) is 0 Å². The molecule has 0 amide bonds. The molecule has 6 rings (SSSR count). The van der Waals surface area contributed by atoms with Gasteiger partial charge in [-0.15, -0.1) is 0 Å². The third-order valence-electron chi connectivity index (χ3n) is 6.42. The Morgan fingerprint density at radius 1 is 0.879 bits per heavy atom. The van der Waals surface area contributed by atoms with Gasteiger partial charge in [0.05, 0.1) is 33.7 Å². The highest BCUT2D eigenvalue weighted by molar-refractivity contribution is 5.99. The lowest BCUT2D eigenvalue weighted by Crippen LogP contribution is -2.37. The van der Waals surface area contributed by atoms with Crippen molar-refractivity contribution in [2.75, 3.05) is 5.32 Å².